The standard InChI is InChI=1S/C28H45N3O2SSi/c1-28(2,3)35(4,5)32-18-15-20-9-14-23-24(20)25-26(29-19-30-27(25)34-23)33-22-12-10-21(11-13-22)31-16-7-6-8-17-31/h19-22H,6-18H2,1-5H3/t20-,21-,22-/m1/s1. The van der Waals surface area contributed by atoms with Crippen molar-refractivity contribution in [2.24, 2.45) is 0 Å². The van der Waals surface area contributed by atoms with Crippen LogP contribution in [0.25, 0.3) is 10.2 Å². The van der Waals surface area contributed by atoms with Gasteiger partial charge in [-0.2, -0.15) is 0 Å². The first-order valence-electron chi connectivity index (χ1n) is 14.0. The van der Waals surface area contributed by atoms with Gasteiger partial charge in [0.2, 0.25) is 5.88 Å². The molecule has 2 aromatic heterocycles. The molecule has 0 radical (unpaired) electrons. The Morgan fingerprint density at radius 1 is 1.03 bits per heavy atom. The molecule has 194 valence electrons. The van der Waals surface area contributed by atoms with E-state index in [9.17, 15) is 0 Å². The number of thiophene rings is 1. The summed E-state index contributed by atoms with van der Waals surface area (Å²) in [5, 5.41) is 1.46. The molecule has 1 saturated heterocycles. The van der Waals surface area contributed by atoms with E-state index in [1.54, 1.807) is 6.33 Å². The molecule has 3 heterocycles. The van der Waals surface area contributed by atoms with Gasteiger partial charge in [0.15, 0.2) is 8.32 Å². The van der Waals surface area contributed by atoms with Crippen LogP contribution in [-0.4, -0.2) is 55.0 Å². The largest absolute Gasteiger partial charge is 0.474 e. The number of likely N-dealkylation sites (tertiary alicyclic amines) is 1. The summed E-state index contributed by atoms with van der Waals surface area (Å²) in [7, 11) is -1.72. The van der Waals surface area contributed by atoms with Crippen molar-refractivity contribution in [2.45, 2.75) is 121 Å². The van der Waals surface area contributed by atoms with E-state index < -0.39 is 8.32 Å². The first-order chi connectivity index (χ1) is 16.7. The third-order valence-corrected chi connectivity index (χ3v) is 15.0. The summed E-state index contributed by atoms with van der Waals surface area (Å²) in [6.07, 6.45) is 14.4. The summed E-state index contributed by atoms with van der Waals surface area (Å²) >= 11 is 1.86. The number of hydrogen-bond donors (Lipinski definition) is 0. The van der Waals surface area contributed by atoms with Crippen LogP contribution < -0.4 is 4.74 Å². The number of aryl methyl sites for hydroxylation is 1. The van der Waals surface area contributed by atoms with Crippen LogP contribution in [0, 0.1) is 0 Å². The zero-order valence-corrected chi connectivity index (χ0v) is 24.4. The molecule has 2 aliphatic carbocycles. The van der Waals surface area contributed by atoms with Gasteiger partial charge in [0.1, 0.15) is 17.3 Å². The van der Waals surface area contributed by atoms with Crippen molar-refractivity contribution in [3.63, 3.8) is 0 Å². The second-order valence-corrected chi connectivity index (χ2v) is 18.5. The average Bonchev–Trinajstić information content (AvgIpc) is 3.39. The predicted molar refractivity (Wildman–Crippen MR) is 148 cm³/mol. The van der Waals surface area contributed by atoms with E-state index in [1.165, 1.54) is 67.4 Å². The zero-order valence-electron chi connectivity index (χ0n) is 22.6. The van der Waals surface area contributed by atoms with Gasteiger partial charge in [-0.05, 0) is 100 Å². The molecule has 0 spiro atoms. The van der Waals surface area contributed by atoms with Gasteiger partial charge in [0, 0.05) is 17.5 Å². The molecule has 2 fully saturated rings. The molecule has 1 saturated carbocycles. The molecule has 35 heavy (non-hydrogen) atoms. The molecule has 7 heteroatoms. The molecule has 2 aromatic rings. The number of nitrogens with zero attached hydrogens (tertiary/aromatic N) is 3. The zero-order chi connectivity index (χ0) is 24.6. The Kier molecular flexibility index (Phi) is 7.60. The lowest BCUT2D eigenvalue weighted by Crippen LogP contribution is -2.42. The second-order valence-electron chi connectivity index (χ2n) is 12.6. The van der Waals surface area contributed by atoms with E-state index in [-0.39, 0.29) is 11.1 Å². The van der Waals surface area contributed by atoms with Gasteiger partial charge in [0.25, 0.3) is 0 Å². The van der Waals surface area contributed by atoms with Crippen molar-refractivity contribution >= 4 is 29.9 Å². The second kappa shape index (κ2) is 10.4. The van der Waals surface area contributed by atoms with E-state index in [0.717, 1.165) is 49.0 Å². The highest BCUT2D eigenvalue weighted by Gasteiger charge is 2.38. The highest BCUT2D eigenvalue weighted by molar-refractivity contribution is 7.19. The monoisotopic (exact) mass is 515 g/mol. The smallest absolute Gasteiger partial charge is 0.225 e. The normalized spacial score (nSPS) is 26.3. The molecule has 0 aromatic carbocycles. The van der Waals surface area contributed by atoms with Gasteiger partial charge < -0.3 is 14.1 Å². The number of hydrogen-bond acceptors (Lipinski definition) is 6. The number of rotatable bonds is 7. The van der Waals surface area contributed by atoms with Gasteiger partial charge in [-0.15, -0.1) is 11.3 Å². The minimum atomic E-state index is -1.72. The highest BCUT2D eigenvalue weighted by atomic mass is 32.1. The Labute approximate surface area is 217 Å². The van der Waals surface area contributed by atoms with Crippen molar-refractivity contribution in [1.82, 2.24) is 14.9 Å². The Morgan fingerprint density at radius 2 is 1.77 bits per heavy atom. The van der Waals surface area contributed by atoms with Crippen molar-refractivity contribution in [3.05, 3.63) is 16.8 Å². The van der Waals surface area contributed by atoms with Gasteiger partial charge >= 0.3 is 0 Å². The molecule has 5 nitrogen and oxygen atoms in total. The first-order valence-corrected chi connectivity index (χ1v) is 17.8. The Balaban J connectivity index is 1.25. The molecular formula is C28H45N3O2SSi. The van der Waals surface area contributed by atoms with E-state index in [2.05, 4.69) is 48.7 Å². The van der Waals surface area contributed by atoms with Crippen LogP contribution in [0.3, 0.4) is 0 Å². The summed E-state index contributed by atoms with van der Waals surface area (Å²) in [5.41, 5.74) is 1.47. The molecule has 0 unspecified atom stereocenters. The summed E-state index contributed by atoms with van der Waals surface area (Å²) in [6, 6.07) is 0.760. The average molecular weight is 516 g/mol. The van der Waals surface area contributed by atoms with E-state index in [0.29, 0.717) is 5.92 Å². The van der Waals surface area contributed by atoms with Crippen molar-refractivity contribution in [1.29, 1.82) is 0 Å². The molecule has 1 atom stereocenters. The Bertz CT molecular complexity index is 1000. The maximum atomic E-state index is 6.65. The minimum Gasteiger partial charge on any atom is -0.474 e. The molecule has 1 aliphatic heterocycles. The molecular weight excluding hydrogens is 470 g/mol. The Morgan fingerprint density at radius 3 is 2.49 bits per heavy atom. The molecule has 5 rings (SSSR count). The summed E-state index contributed by atoms with van der Waals surface area (Å²) in [6.45, 7) is 15.1. The molecule has 0 N–H and O–H groups in total. The van der Waals surface area contributed by atoms with E-state index in [4.69, 9.17) is 9.16 Å². The van der Waals surface area contributed by atoms with E-state index >= 15 is 0 Å². The number of aromatic nitrogens is 2. The fraction of sp³-hybridized carbons (Fsp3) is 0.786. The van der Waals surface area contributed by atoms with Crippen LogP contribution in [0.5, 0.6) is 5.88 Å². The van der Waals surface area contributed by atoms with Crippen LogP contribution in [0.4, 0.5) is 0 Å². The number of ether oxygens (including phenoxy) is 1. The lowest BCUT2D eigenvalue weighted by molar-refractivity contribution is 0.0756. The first kappa shape index (κ1) is 25.6. The fourth-order valence-electron chi connectivity index (χ4n) is 6.06. The maximum Gasteiger partial charge on any atom is 0.225 e. The van der Waals surface area contributed by atoms with Crippen molar-refractivity contribution < 1.29 is 9.16 Å². The number of piperidine rings is 1. The highest BCUT2D eigenvalue weighted by Crippen LogP contribution is 2.48. The van der Waals surface area contributed by atoms with Gasteiger partial charge in [-0.1, -0.05) is 27.2 Å². The van der Waals surface area contributed by atoms with Crippen LogP contribution in [0.2, 0.25) is 18.1 Å². The van der Waals surface area contributed by atoms with Crippen LogP contribution in [-0.2, 0) is 10.8 Å². The lowest BCUT2D eigenvalue weighted by Gasteiger charge is -2.38. The Hall–Kier alpha value is -1.02. The van der Waals surface area contributed by atoms with Crippen LogP contribution in [0.1, 0.15) is 94.9 Å². The van der Waals surface area contributed by atoms with Crippen LogP contribution in [0.15, 0.2) is 6.33 Å². The predicted octanol–water partition coefficient (Wildman–Crippen LogP) is 7.31. The minimum absolute atomic E-state index is 0.255. The van der Waals surface area contributed by atoms with Gasteiger partial charge in [0.05, 0.1) is 5.39 Å². The number of fused-ring (bicyclic) bond motifs is 3. The molecule has 3 aliphatic rings. The quantitative estimate of drug-likeness (QED) is 0.362. The van der Waals surface area contributed by atoms with Gasteiger partial charge in [-0.25, -0.2) is 9.97 Å². The lowest BCUT2D eigenvalue weighted by atomic mass is 9.90. The van der Waals surface area contributed by atoms with Gasteiger partial charge in [-0.3, -0.25) is 0 Å². The van der Waals surface area contributed by atoms with Crippen molar-refractivity contribution in [3.8, 4) is 5.88 Å². The summed E-state index contributed by atoms with van der Waals surface area (Å²) in [4.78, 5) is 14.7. The van der Waals surface area contributed by atoms with Crippen LogP contribution >= 0.6 is 11.3 Å². The third-order valence-electron chi connectivity index (χ3n) is 9.26. The third kappa shape index (κ3) is 5.48. The van der Waals surface area contributed by atoms with Crippen molar-refractivity contribution in [2.75, 3.05) is 19.7 Å². The maximum absolute atomic E-state index is 6.65. The molecule has 0 amide bonds. The SMILES string of the molecule is CC(C)(C)[Si](C)(C)OCC[C@H]1CCc2sc3ncnc(O[C@H]4CC[C@H](N5CCCCC5)CC4)c3c21. The topological polar surface area (TPSA) is 47.5 Å². The summed E-state index contributed by atoms with van der Waals surface area (Å²) in [5.74, 6) is 1.37. The summed E-state index contributed by atoms with van der Waals surface area (Å²) < 4.78 is 13.2. The fourth-order valence-corrected chi connectivity index (χ4v) is 8.35. The molecule has 0 bridgehead atoms. The van der Waals surface area contributed by atoms with E-state index in [1.807, 2.05) is 11.3 Å².